The lowest BCUT2D eigenvalue weighted by Gasteiger charge is -2.30. The Morgan fingerprint density at radius 3 is 2.54 bits per heavy atom. The number of amidine groups is 1. The molecule has 0 bridgehead atoms. The molecule has 0 spiro atoms. The Balaban J connectivity index is 1.36. The maximum Gasteiger partial charge on any atom is 0.286 e. The molecule has 1 fully saturated rings. The van der Waals surface area contributed by atoms with Crippen molar-refractivity contribution in [2.75, 3.05) is 33.2 Å². The summed E-state index contributed by atoms with van der Waals surface area (Å²) in [5.74, 6) is 0.670. The van der Waals surface area contributed by atoms with Crippen molar-refractivity contribution in [2.45, 2.75) is 6.61 Å². The van der Waals surface area contributed by atoms with Crippen LogP contribution in [0.4, 0.5) is 0 Å². The molecule has 144 valence electrons. The fourth-order valence-corrected chi connectivity index (χ4v) is 4.13. The van der Waals surface area contributed by atoms with Gasteiger partial charge in [-0.25, -0.2) is 0 Å². The monoisotopic (exact) mass is 394 g/mol. The van der Waals surface area contributed by atoms with Crippen molar-refractivity contribution in [1.82, 2.24) is 4.90 Å². The first-order chi connectivity index (χ1) is 13.7. The van der Waals surface area contributed by atoms with E-state index in [1.165, 1.54) is 16.7 Å². The van der Waals surface area contributed by atoms with Gasteiger partial charge in [0, 0.05) is 0 Å². The highest BCUT2D eigenvalue weighted by Gasteiger charge is 2.28. The number of benzene rings is 2. The number of amides is 1. The average molecular weight is 395 g/mol. The predicted molar refractivity (Wildman–Crippen MR) is 113 cm³/mol. The van der Waals surface area contributed by atoms with E-state index >= 15 is 0 Å². The number of thioether (sulfide) groups is 1. The number of carbonyl (C=O) groups excluding carboxylic acids is 1. The second-order valence-electron chi connectivity index (χ2n) is 7.10. The first kappa shape index (κ1) is 18.8. The normalized spacial score (nSPS) is 19.2. The predicted octanol–water partition coefficient (Wildman–Crippen LogP) is 2.07. The molecule has 2 heterocycles. The number of piperazine rings is 1. The largest absolute Gasteiger partial charge is 0.489 e. The van der Waals surface area contributed by atoms with Gasteiger partial charge in [0.1, 0.15) is 12.4 Å². The zero-order valence-corrected chi connectivity index (χ0v) is 16.7. The summed E-state index contributed by atoms with van der Waals surface area (Å²) in [6, 6.07) is 17.9. The zero-order chi connectivity index (χ0) is 19.3. The zero-order valence-electron chi connectivity index (χ0n) is 15.9. The van der Waals surface area contributed by atoms with E-state index in [2.05, 4.69) is 16.9 Å². The van der Waals surface area contributed by atoms with Gasteiger partial charge < -0.3 is 14.5 Å². The summed E-state index contributed by atoms with van der Waals surface area (Å²) in [5, 5.41) is 0.839. The van der Waals surface area contributed by atoms with Crippen molar-refractivity contribution in [3.05, 3.63) is 70.6 Å². The summed E-state index contributed by atoms with van der Waals surface area (Å²) in [7, 11) is 2.20. The minimum absolute atomic E-state index is 0.143. The number of ether oxygens (including phenoxy) is 1. The molecule has 6 heteroatoms. The van der Waals surface area contributed by atoms with Gasteiger partial charge in [-0.1, -0.05) is 42.5 Å². The van der Waals surface area contributed by atoms with Crippen molar-refractivity contribution in [1.29, 1.82) is 0 Å². The Labute approximate surface area is 169 Å². The molecule has 28 heavy (non-hydrogen) atoms. The first-order valence-corrected chi connectivity index (χ1v) is 10.3. The molecule has 0 radical (unpaired) electrons. The van der Waals surface area contributed by atoms with E-state index in [1.807, 2.05) is 60.7 Å². The van der Waals surface area contributed by atoms with E-state index in [0.717, 1.165) is 48.2 Å². The number of carbonyl (C=O) groups is 1. The molecule has 5 nitrogen and oxygen atoms in total. The summed E-state index contributed by atoms with van der Waals surface area (Å²) >= 11 is 1.48. The van der Waals surface area contributed by atoms with Crippen molar-refractivity contribution in [2.24, 2.45) is 4.99 Å². The smallest absolute Gasteiger partial charge is 0.286 e. The van der Waals surface area contributed by atoms with Gasteiger partial charge in [-0.2, -0.15) is 4.99 Å². The van der Waals surface area contributed by atoms with Crippen LogP contribution in [-0.2, 0) is 11.4 Å². The van der Waals surface area contributed by atoms with Crippen LogP contribution in [0.3, 0.4) is 0 Å². The van der Waals surface area contributed by atoms with E-state index in [0.29, 0.717) is 11.5 Å². The molecule has 2 aliphatic heterocycles. The third kappa shape index (κ3) is 4.64. The van der Waals surface area contributed by atoms with Gasteiger partial charge in [0.2, 0.25) is 0 Å². The Morgan fingerprint density at radius 2 is 1.82 bits per heavy atom. The number of nitrogens with zero attached hydrogens (tertiary/aromatic N) is 2. The third-order valence-corrected chi connectivity index (χ3v) is 5.97. The molecule has 0 aromatic heterocycles. The summed E-state index contributed by atoms with van der Waals surface area (Å²) < 4.78 is 5.82. The van der Waals surface area contributed by atoms with E-state index in [1.54, 1.807) is 0 Å². The molecular formula is C22H24N3O2S+. The van der Waals surface area contributed by atoms with Gasteiger partial charge in [0.25, 0.3) is 5.91 Å². The van der Waals surface area contributed by atoms with Gasteiger partial charge in [-0.05, 0) is 41.1 Å². The number of hydrogen-bond donors (Lipinski definition) is 1. The van der Waals surface area contributed by atoms with Crippen LogP contribution in [-0.4, -0.2) is 49.2 Å². The topological polar surface area (TPSA) is 46.3 Å². The second-order valence-corrected chi connectivity index (χ2v) is 8.11. The second kappa shape index (κ2) is 8.63. The van der Waals surface area contributed by atoms with Crippen LogP contribution in [0.25, 0.3) is 6.08 Å². The number of rotatable bonds is 4. The van der Waals surface area contributed by atoms with E-state index < -0.39 is 0 Å². The summed E-state index contributed by atoms with van der Waals surface area (Å²) in [5.41, 5.74) is 2.11. The van der Waals surface area contributed by atoms with E-state index in [9.17, 15) is 4.79 Å². The Bertz CT molecular complexity index is 886. The van der Waals surface area contributed by atoms with Crippen LogP contribution in [0.1, 0.15) is 11.1 Å². The lowest BCUT2D eigenvalue weighted by atomic mass is 10.2. The molecule has 0 saturated carbocycles. The minimum atomic E-state index is -0.143. The van der Waals surface area contributed by atoms with E-state index in [4.69, 9.17) is 4.74 Å². The number of likely N-dealkylation sites (N-methyl/N-ethyl adjacent to an activating group) is 1. The van der Waals surface area contributed by atoms with Crippen molar-refractivity contribution in [3.63, 3.8) is 0 Å². The maximum atomic E-state index is 12.3. The molecule has 0 aliphatic carbocycles. The highest BCUT2D eigenvalue weighted by molar-refractivity contribution is 8.18. The maximum absolute atomic E-state index is 12.3. The fraction of sp³-hybridized carbons (Fsp3) is 0.273. The quantitative estimate of drug-likeness (QED) is 0.807. The van der Waals surface area contributed by atoms with Gasteiger partial charge in [-0.3, -0.25) is 4.79 Å². The highest BCUT2D eigenvalue weighted by Crippen LogP contribution is 2.30. The van der Waals surface area contributed by atoms with Gasteiger partial charge in [-0.15, -0.1) is 0 Å². The van der Waals surface area contributed by atoms with Gasteiger partial charge >= 0.3 is 0 Å². The molecule has 1 amide bonds. The van der Waals surface area contributed by atoms with Crippen LogP contribution in [0, 0.1) is 0 Å². The highest BCUT2D eigenvalue weighted by atomic mass is 32.2. The molecule has 0 atom stereocenters. The Hall–Kier alpha value is -2.57. The van der Waals surface area contributed by atoms with Crippen LogP contribution in [0.15, 0.2) is 64.5 Å². The third-order valence-electron chi connectivity index (χ3n) is 4.92. The van der Waals surface area contributed by atoms with Crippen molar-refractivity contribution in [3.8, 4) is 5.75 Å². The number of quaternary nitrogens is 1. The molecule has 2 aliphatic rings. The molecule has 4 rings (SSSR count). The van der Waals surface area contributed by atoms with Crippen LogP contribution in [0.5, 0.6) is 5.75 Å². The fourth-order valence-electron chi connectivity index (χ4n) is 3.17. The van der Waals surface area contributed by atoms with Crippen LogP contribution < -0.4 is 9.64 Å². The summed E-state index contributed by atoms with van der Waals surface area (Å²) in [6.45, 7) is 4.60. The first-order valence-electron chi connectivity index (χ1n) is 9.53. The Kier molecular flexibility index (Phi) is 5.78. The van der Waals surface area contributed by atoms with Crippen molar-refractivity contribution >= 4 is 28.9 Å². The number of hydrogen-bond acceptors (Lipinski definition) is 4. The number of nitrogens with one attached hydrogen (secondary N) is 1. The van der Waals surface area contributed by atoms with Crippen LogP contribution >= 0.6 is 11.8 Å². The molecule has 1 N–H and O–H groups in total. The molecular weight excluding hydrogens is 370 g/mol. The van der Waals surface area contributed by atoms with E-state index in [-0.39, 0.29) is 5.91 Å². The lowest BCUT2D eigenvalue weighted by Crippen LogP contribution is -3.12. The van der Waals surface area contributed by atoms with Gasteiger partial charge in [0.15, 0.2) is 5.17 Å². The SMILES string of the molecule is C[NH+]1CCN(C2=NC(=O)/C(=C/c3ccc(OCc4ccccc4)cc3)S2)CC1. The Morgan fingerprint density at radius 1 is 1.11 bits per heavy atom. The lowest BCUT2D eigenvalue weighted by molar-refractivity contribution is -0.883. The summed E-state index contributed by atoms with van der Waals surface area (Å²) in [6.07, 6.45) is 1.91. The molecule has 1 saturated heterocycles. The summed E-state index contributed by atoms with van der Waals surface area (Å²) in [4.78, 5) is 21.0. The average Bonchev–Trinajstić information content (AvgIpc) is 3.09. The standard InChI is InChI=1S/C22H23N3O2S/c1-24-11-13-25(14-12-24)22-23-21(26)20(28-22)15-17-7-9-19(10-8-17)27-16-18-5-3-2-4-6-18/h2-10,15H,11-14,16H2,1H3/p+1/b20-15-. The van der Waals surface area contributed by atoms with Crippen molar-refractivity contribution < 1.29 is 14.4 Å². The van der Waals surface area contributed by atoms with Crippen LogP contribution in [0.2, 0.25) is 0 Å². The van der Waals surface area contributed by atoms with Gasteiger partial charge in [0.05, 0.1) is 38.1 Å². The number of aliphatic imine (C=N–C) groups is 1. The molecule has 2 aromatic rings. The minimum Gasteiger partial charge on any atom is -0.489 e. The molecule has 0 unspecified atom stereocenters. The molecule has 2 aromatic carbocycles.